The molecule has 38 heavy (non-hydrogen) atoms. The summed E-state index contributed by atoms with van der Waals surface area (Å²) in [5, 5.41) is 6.18. The minimum Gasteiger partial charge on any atom is -0.473 e. The van der Waals surface area contributed by atoms with Gasteiger partial charge >= 0.3 is 5.97 Å². The fourth-order valence-electron chi connectivity index (χ4n) is 4.49. The Kier molecular flexibility index (Phi) is 7.55. The number of esters is 1. The molecule has 5 rings (SSSR count). The molecule has 2 N–H and O–H groups in total. The lowest BCUT2D eigenvalue weighted by atomic mass is 9.99. The summed E-state index contributed by atoms with van der Waals surface area (Å²) in [4.78, 5) is 30.7. The van der Waals surface area contributed by atoms with Gasteiger partial charge in [-0.1, -0.05) is 42.5 Å². The van der Waals surface area contributed by atoms with E-state index in [-0.39, 0.29) is 42.4 Å². The van der Waals surface area contributed by atoms with Crippen LogP contribution in [0.4, 0.5) is 10.1 Å². The smallest absolute Gasteiger partial charge is 0.335 e. The Hall–Kier alpha value is -3.98. The minimum absolute atomic E-state index is 0.0155. The fourth-order valence-corrected chi connectivity index (χ4v) is 4.49. The zero-order valence-corrected chi connectivity index (χ0v) is 21.2. The molecule has 0 unspecified atom stereocenters. The third kappa shape index (κ3) is 5.94. The van der Waals surface area contributed by atoms with Crippen LogP contribution in [0.3, 0.4) is 0 Å². The SMILES string of the molecule is C[C@@]1(C(=O)OCc2ccccc2)COc2nc(C(=O)NC[C@H]3CCOC3)c(Cc3ccc(F)cc3)cc2N1. The van der Waals surface area contributed by atoms with Crippen molar-refractivity contribution in [3.8, 4) is 5.88 Å². The van der Waals surface area contributed by atoms with Gasteiger partial charge in [-0.05, 0) is 54.7 Å². The van der Waals surface area contributed by atoms with Crippen LogP contribution >= 0.6 is 0 Å². The first-order chi connectivity index (χ1) is 18.4. The molecular formula is C29H30FN3O5. The lowest BCUT2D eigenvalue weighted by Gasteiger charge is -2.34. The van der Waals surface area contributed by atoms with E-state index in [9.17, 15) is 14.0 Å². The zero-order chi connectivity index (χ0) is 26.5. The number of carbonyl (C=O) groups is 2. The van der Waals surface area contributed by atoms with Crippen LogP contribution in [0.2, 0.25) is 0 Å². The molecule has 1 aromatic heterocycles. The van der Waals surface area contributed by atoms with Gasteiger partial charge in [-0.25, -0.2) is 14.2 Å². The average Bonchev–Trinajstić information content (AvgIpc) is 3.45. The summed E-state index contributed by atoms with van der Waals surface area (Å²) in [5.41, 5.74) is 1.87. The molecule has 3 heterocycles. The third-order valence-corrected chi connectivity index (χ3v) is 6.74. The van der Waals surface area contributed by atoms with Crippen molar-refractivity contribution in [1.82, 2.24) is 10.3 Å². The van der Waals surface area contributed by atoms with Gasteiger partial charge in [-0.15, -0.1) is 0 Å². The summed E-state index contributed by atoms with van der Waals surface area (Å²) in [5.74, 6) is -0.634. The van der Waals surface area contributed by atoms with Gasteiger partial charge in [0.2, 0.25) is 5.88 Å². The number of amides is 1. The topological polar surface area (TPSA) is 98.8 Å². The van der Waals surface area contributed by atoms with Gasteiger partial charge in [0, 0.05) is 19.1 Å². The molecule has 1 amide bonds. The molecule has 0 bridgehead atoms. The van der Waals surface area contributed by atoms with Gasteiger partial charge in [0.25, 0.3) is 5.91 Å². The number of halogens is 1. The number of pyridine rings is 1. The van der Waals surface area contributed by atoms with Crippen LogP contribution in [-0.2, 0) is 27.3 Å². The van der Waals surface area contributed by atoms with Crippen molar-refractivity contribution >= 4 is 17.6 Å². The van der Waals surface area contributed by atoms with Crippen molar-refractivity contribution in [1.29, 1.82) is 0 Å². The van der Waals surface area contributed by atoms with Gasteiger partial charge in [0.1, 0.15) is 24.7 Å². The van der Waals surface area contributed by atoms with E-state index in [1.807, 2.05) is 30.3 Å². The average molecular weight is 520 g/mol. The molecule has 8 nitrogen and oxygen atoms in total. The molecule has 2 atom stereocenters. The van der Waals surface area contributed by atoms with Gasteiger partial charge < -0.3 is 24.8 Å². The predicted octanol–water partition coefficient (Wildman–Crippen LogP) is 3.88. The maximum Gasteiger partial charge on any atom is 0.335 e. The molecule has 2 aliphatic heterocycles. The number of fused-ring (bicyclic) bond motifs is 1. The summed E-state index contributed by atoms with van der Waals surface area (Å²) in [6.07, 6.45) is 1.24. The highest BCUT2D eigenvalue weighted by molar-refractivity contribution is 5.95. The van der Waals surface area contributed by atoms with Crippen molar-refractivity contribution in [2.75, 3.05) is 31.7 Å². The second kappa shape index (κ2) is 11.2. The number of benzene rings is 2. The molecule has 0 saturated carbocycles. The molecule has 0 aliphatic carbocycles. The number of nitrogens with zero attached hydrogens (tertiary/aromatic N) is 1. The number of anilines is 1. The highest BCUT2D eigenvalue weighted by Crippen LogP contribution is 2.34. The normalized spacial score (nSPS) is 20.1. The van der Waals surface area contributed by atoms with E-state index in [1.54, 1.807) is 25.1 Å². The maximum absolute atomic E-state index is 13.5. The Morgan fingerprint density at radius 2 is 1.95 bits per heavy atom. The molecule has 9 heteroatoms. The lowest BCUT2D eigenvalue weighted by molar-refractivity contribution is -0.151. The van der Waals surface area contributed by atoms with Crippen LogP contribution in [0.1, 0.15) is 40.5 Å². The molecule has 198 valence electrons. The van der Waals surface area contributed by atoms with E-state index >= 15 is 0 Å². The van der Waals surface area contributed by atoms with Crippen molar-refractivity contribution in [3.63, 3.8) is 0 Å². The van der Waals surface area contributed by atoms with E-state index < -0.39 is 11.5 Å². The first-order valence-corrected chi connectivity index (χ1v) is 12.7. The van der Waals surface area contributed by atoms with Gasteiger partial charge in [-0.2, -0.15) is 0 Å². The number of rotatable bonds is 8. The van der Waals surface area contributed by atoms with E-state index in [4.69, 9.17) is 14.2 Å². The second-order valence-corrected chi connectivity index (χ2v) is 9.90. The highest BCUT2D eigenvalue weighted by Gasteiger charge is 2.41. The number of aromatic nitrogens is 1. The first kappa shape index (κ1) is 25.7. The van der Waals surface area contributed by atoms with Crippen molar-refractivity contribution < 1.29 is 28.2 Å². The zero-order valence-electron chi connectivity index (χ0n) is 21.2. The molecule has 3 aromatic rings. The molecule has 2 aliphatic rings. The molecule has 0 spiro atoms. The fraction of sp³-hybridized carbons (Fsp3) is 0.345. The van der Waals surface area contributed by atoms with Crippen LogP contribution in [0.5, 0.6) is 5.88 Å². The third-order valence-electron chi connectivity index (χ3n) is 6.74. The summed E-state index contributed by atoms with van der Waals surface area (Å²) in [6.45, 7) is 3.62. The summed E-state index contributed by atoms with van der Waals surface area (Å²) >= 11 is 0. The number of hydrogen-bond acceptors (Lipinski definition) is 7. The van der Waals surface area contributed by atoms with Crippen LogP contribution in [0.15, 0.2) is 60.7 Å². The lowest BCUT2D eigenvalue weighted by Crippen LogP contribution is -2.52. The van der Waals surface area contributed by atoms with Crippen molar-refractivity contribution in [2.24, 2.45) is 5.92 Å². The Labute approximate surface area is 220 Å². The quantitative estimate of drug-likeness (QED) is 0.436. The summed E-state index contributed by atoms with van der Waals surface area (Å²) in [6, 6.07) is 17.3. The first-order valence-electron chi connectivity index (χ1n) is 12.7. The van der Waals surface area contributed by atoms with E-state index in [2.05, 4.69) is 15.6 Å². The minimum atomic E-state index is -1.15. The monoisotopic (exact) mass is 519 g/mol. The predicted molar refractivity (Wildman–Crippen MR) is 138 cm³/mol. The van der Waals surface area contributed by atoms with Gasteiger partial charge in [0.15, 0.2) is 5.54 Å². The molecule has 1 fully saturated rings. The van der Waals surface area contributed by atoms with E-state index in [0.29, 0.717) is 37.4 Å². The van der Waals surface area contributed by atoms with Crippen LogP contribution < -0.4 is 15.4 Å². The number of nitrogens with one attached hydrogen (secondary N) is 2. The Morgan fingerprint density at radius 3 is 2.68 bits per heavy atom. The number of carbonyl (C=O) groups excluding carboxylic acids is 2. The van der Waals surface area contributed by atoms with Crippen LogP contribution in [0, 0.1) is 11.7 Å². The molecular weight excluding hydrogens is 489 g/mol. The number of hydrogen-bond donors (Lipinski definition) is 2. The Bertz CT molecular complexity index is 1300. The summed E-state index contributed by atoms with van der Waals surface area (Å²) in [7, 11) is 0. The van der Waals surface area contributed by atoms with Gasteiger partial charge in [-0.3, -0.25) is 4.79 Å². The molecule has 1 saturated heterocycles. The Balaban J connectivity index is 1.37. The highest BCUT2D eigenvalue weighted by atomic mass is 19.1. The van der Waals surface area contributed by atoms with Crippen LogP contribution in [0.25, 0.3) is 0 Å². The van der Waals surface area contributed by atoms with Gasteiger partial charge in [0.05, 0.1) is 12.3 Å². The standard InChI is InChI=1S/C29H30FN3O5/c1-29(28(35)37-17-20-5-3-2-4-6-20)18-38-27-24(33-29)14-22(13-19-7-9-23(30)10-8-19)25(32-27)26(34)31-15-21-11-12-36-16-21/h2-10,14,21,33H,11-13,15-18H2,1H3,(H,31,34)/t21-,29+/m1/s1. The molecule has 2 aromatic carbocycles. The number of ether oxygens (including phenoxy) is 3. The second-order valence-electron chi connectivity index (χ2n) is 9.90. The van der Waals surface area contributed by atoms with E-state index in [1.165, 1.54) is 12.1 Å². The van der Waals surface area contributed by atoms with E-state index in [0.717, 1.165) is 17.5 Å². The maximum atomic E-state index is 13.5. The van der Waals surface area contributed by atoms with Crippen LogP contribution in [-0.4, -0.2) is 48.8 Å². The summed E-state index contributed by atoms with van der Waals surface area (Å²) < 4.78 is 30.3. The largest absolute Gasteiger partial charge is 0.473 e. The van der Waals surface area contributed by atoms with Crippen molar-refractivity contribution in [2.45, 2.75) is 31.9 Å². The Morgan fingerprint density at radius 1 is 1.16 bits per heavy atom. The molecule has 0 radical (unpaired) electrons. The van der Waals surface area contributed by atoms with Crippen molar-refractivity contribution in [3.05, 3.63) is 88.9 Å².